The minimum atomic E-state index is 0.218. The monoisotopic (exact) mass is 207 g/mol. The molecule has 0 aliphatic rings. The number of aromatic nitrogens is 1. The number of aryl methyl sites for hydroxylation is 1. The maximum absolute atomic E-state index is 2.43. The van der Waals surface area contributed by atoms with Gasteiger partial charge in [-0.15, -0.1) is 0 Å². The maximum atomic E-state index is 2.43. The fourth-order valence-electron chi connectivity index (χ4n) is 2.05. The number of unbranched alkanes of at least 4 members (excludes halogenated alkanes) is 2. The predicted octanol–water partition coefficient (Wildman–Crippen LogP) is 4.28. The smallest absolute Gasteiger partial charge is 0.0358 e. The molecule has 0 bridgehead atoms. The lowest BCUT2D eigenvalue weighted by molar-refractivity contribution is 0.383. The second-order valence-corrected chi connectivity index (χ2v) is 5.44. The van der Waals surface area contributed by atoms with Gasteiger partial charge in [0.15, 0.2) is 0 Å². The van der Waals surface area contributed by atoms with Crippen molar-refractivity contribution in [3.05, 3.63) is 23.5 Å². The van der Waals surface area contributed by atoms with Crippen molar-refractivity contribution in [2.24, 2.45) is 0 Å². The average Bonchev–Trinajstić information content (AvgIpc) is 2.48. The first-order valence-corrected chi connectivity index (χ1v) is 6.14. The third-order valence-corrected chi connectivity index (χ3v) is 2.96. The Hall–Kier alpha value is -0.720. The molecule has 1 aromatic rings. The Morgan fingerprint density at radius 1 is 1.20 bits per heavy atom. The van der Waals surface area contributed by atoms with E-state index in [1.165, 1.54) is 36.9 Å². The lowest BCUT2D eigenvalue weighted by Crippen LogP contribution is -2.23. The van der Waals surface area contributed by atoms with Crippen molar-refractivity contribution in [1.82, 2.24) is 4.57 Å². The summed E-state index contributed by atoms with van der Waals surface area (Å²) in [6, 6.07) is 2.24. The van der Waals surface area contributed by atoms with Gasteiger partial charge in [0.25, 0.3) is 0 Å². The van der Waals surface area contributed by atoms with E-state index in [9.17, 15) is 0 Å². The SMILES string of the molecule is CCCCCc1c(C)ccn1C(C)(C)C. The molecule has 86 valence electrons. The third-order valence-electron chi connectivity index (χ3n) is 2.96. The van der Waals surface area contributed by atoms with Crippen molar-refractivity contribution in [1.29, 1.82) is 0 Å². The van der Waals surface area contributed by atoms with Gasteiger partial charge < -0.3 is 4.57 Å². The van der Waals surface area contributed by atoms with Crippen LogP contribution in [0.15, 0.2) is 12.3 Å². The van der Waals surface area contributed by atoms with Crippen LogP contribution in [-0.2, 0) is 12.0 Å². The van der Waals surface area contributed by atoms with Crippen LogP contribution in [0.4, 0.5) is 0 Å². The van der Waals surface area contributed by atoms with E-state index in [0.29, 0.717) is 0 Å². The summed E-state index contributed by atoms with van der Waals surface area (Å²) in [6.07, 6.45) is 7.42. The van der Waals surface area contributed by atoms with Gasteiger partial charge in [-0.2, -0.15) is 0 Å². The first-order valence-electron chi connectivity index (χ1n) is 6.14. The third kappa shape index (κ3) is 3.12. The Morgan fingerprint density at radius 3 is 2.40 bits per heavy atom. The van der Waals surface area contributed by atoms with Gasteiger partial charge in [0.2, 0.25) is 0 Å². The Labute approximate surface area is 94.5 Å². The Morgan fingerprint density at radius 2 is 1.87 bits per heavy atom. The Balaban J connectivity index is 2.80. The number of hydrogen-bond acceptors (Lipinski definition) is 0. The molecule has 15 heavy (non-hydrogen) atoms. The molecule has 1 heterocycles. The zero-order chi connectivity index (χ0) is 11.5. The number of nitrogens with zero attached hydrogens (tertiary/aromatic N) is 1. The van der Waals surface area contributed by atoms with Crippen molar-refractivity contribution in [3.63, 3.8) is 0 Å². The van der Waals surface area contributed by atoms with Crippen molar-refractivity contribution in [2.45, 2.75) is 65.8 Å². The highest BCUT2D eigenvalue weighted by molar-refractivity contribution is 5.22. The van der Waals surface area contributed by atoms with Gasteiger partial charge in [-0.25, -0.2) is 0 Å². The first-order chi connectivity index (χ1) is 6.96. The van der Waals surface area contributed by atoms with Crippen LogP contribution in [0.25, 0.3) is 0 Å². The average molecular weight is 207 g/mol. The van der Waals surface area contributed by atoms with E-state index in [0.717, 1.165) is 0 Å². The molecule has 0 aliphatic carbocycles. The van der Waals surface area contributed by atoms with Gasteiger partial charge in [-0.3, -0.25) is 0 Å². The summed E-state index contributed by atoms with van der Waals surface area (Å²) in [5.74, 6) is 0. The standard InChI is InChI=1S/C14H25N/c1-6-7-8-9-13-12(2)10-11-15(13)14(3,4)5/h10-11H,6-9H2,1-5H3. The molecule has 0 N–H and O–H groups in total. The summed E-state index contributed by atoms with van der Waals surface area (Å²) in [6.45, 7) is 11.3. The van der Waals surface area contributed by atoms with Crippen LogP contribution in [0.2, 0.25) is 0 Å². The molecule has 1 rings (SSSR count). The zero-order valence-corrected chi connectivity index (χ0v) is 10.9. The van der Waals surface area contributed by atoms with Crippen LogP contribution in [-0.4, -0.2) is 4.57 Å². The Kier molecular flexibility index (Phi) is 4.01. The quantitative estimate of drug-likeness (QED) is 0.649. The minimum absolute atomic E-state index is 0.218. The molecule has 0 saturated carbocycles. The normalized spacial score (nSPS) is 12.1. The molecule has 0 radical (unpaired) electrons. The van der Waals surface area contributed by atoms with Crippen LogP contribution >= 0.6 is 0 Å². The molecule has 0 unspecified atom stereocenters. The Bertz CT molecular complexity index is 302. The van der Waals surface area contributed by atoms with Gasteiger partial charge in [0, 0.05) is 17.4 Å². The summed E-state index contributed by atoms with van der Waals surface area (Å²) in [4.78, 5) is 0. The fraction of sp³-hybridized carbons (Fsp3) is 0.714. The van der Waals surface area contributed by atoms with Crippen molar-refractivity contribution in [2.75, 3.05) is 0 Å². The minimum Gasteiger partial charge on any atom is -0.346 e. The van der Waals surface area contributed by atoms with Crippen LogP contribution < -0.4 is 0 Å². The van der Waals surface area contributed by atoms with E-state index in [2.05, 4.69) is 51.4 Å². The second-order valence-electron chi connectivity index (χ2n) is 5.44. The van der Waals surface area contributed by atoms with Crippen molar-refractivity contribution < 1.29 is 0 Å². The van der Waals surface area contributed by atoms with E-state index < -0.39 is 0 Å². The van der Waals surface area contributed by atoms with Gasteiger partial charge in [0.1, 0.15) is 0 Å². The molecule has 1 nitrogen and oxygen atoms in total. The molecular formula is C14H25N. The topological polar surface area (TPSA) is 4.93 Å². The van der Waals surface area contributed by atoms with Crippen LogP contribution in [0.3, 0.4) is 0 Å². The highest BCUT2D eigenvalue weighted by Crippen LogP contribution is 2.22. The van der Waals surface area contributed by atoms with Gasteiger partial charge >= 0.3 is 0 Å². The summed E-state index contributed by atoms with van der Waals surface area (Å²) < 4.78 is 2.43. The summed E-state index contributed by atoms with van der Waals surface area (Å²) in [7, 11) is 0. The van der Waals surface area contributed by atoms with Gasteiger partial charge in [0.05, 0.1) is 0 Å². The molecule has 0 atom stereocenters. The van der Waals surface area contributed by atoms with E-state index in [1.807, 2.05) is 0 Å². The second kappa shape index (κ2) is 4.87. The summed E-state index contributed by atoms with van der Waals surface area (Å²) >= 11 is 0. The van der Waals surface area contributed by atoms with E-state index in [1.54, 1.807) is 0 Å². The van der Waals surface area contributed by atoms with Crippen LogP contribution in [0.1, 0.15) is 58.2 Å². The molecule has 0 fully saturated rings. The van der Waals surface area contributed by atoms with Crippen LogP contribution in [0, 0.1) is 6.92 Å². The largest absolute Gasteiger partial charge is 0.346 e. The molecule has 1 heteroatoms. The van der Waals surface area contributed by atoms with E-state index >= 15 is 0 Å². The lowest BCUT2D eigenvalue weighted by atomic mass is 10.1. The van der Waals surface area contributed by atoms with Crippen molar-refractivity contribution >= 4 is 0 Å². The molecule has 0 aromatic carbocycles. The molecule has 1 aromatic heterocycles. The first kappa shape index (κ1) is 12.4. The van der Waals surface area contributed by atoms with Crippen LogP contribution in [0.5, 0.6) is 0 Å². The maximum Gasteiger partial charge on any atom is 0.0358 e. The summed E-state index contributed by atoms with van der Waals surface area (Å²) in [5, 5.41) is 0. The fourth-order valence-corrected chi connectivity index (χ4v) is 2.05. The zero-order valence-electron chi connectivity index (χ0n) is 10.9. The van der Waals surface area contributed by atoms with Gasteiger partial charge in [-0.1, -0.05) is 19.8 Å². The van der Waals surface area contributed by atoms with Gasteiger partial charge in [-0.05, 0) is 52.2 Å². The molecule has 0 saturated heterocycles. The molecule has 0 aliphatic heterocycles. The predicted molar refractivity (Wildman–Crippen MR) is 67.4 cm³/mol. The number of hydrogen-bond donors (Lipinski definition) is 0. The highest BCUT2D eigenvalue weighted by atomic mass is 15.0. The molecule has 0 amide bonds. The highest BCUT2D eigenvalue weighted by Gasteiger charge is 2.16. The number of rotatable bonds is 4. The van der Waals surface area contributed by atoms with E-state index in [-0.39, 0.29) is 5.54 Å². The van der Waals surface area contributed by atoms with E-state index in [4.69, 9.17) is 0 Å². The van der Waals surface area contributed by atoms with Crippen molar-refractivity contribution in [3.8, 4) is 0 Å². The molecule has 0 spiro atoms. The molecular weight excluding hydrogens is 182 g/mol. The summed E-state index contributed by atoms with van der Waals surface area (Å²) in [5.41, 5.74) is 3.19. The lowest BCUT2D eigenvalue weighted by Gasteiger charge is -2.25.